The van der Waals surface area contributed by atoms with Gasteiger partial charge in [-0.05, 0) is 31.9 Å². The molecule has 2 rings (SSSR count). The van der Waals surface area contributed by atoms with Crippen molar-refractivity contribution in [3.05, 3.63) is 52.7 Å². The molecule has 0 amide bonds. The first kappa shape index (κ1) is 13.1. The Hall–Kier alpha value is -2.30. The number of carbonyl (C=O) groups is 1. The van der Waals surface area contributed by atoms with Gasteiger partial charge in [-0.25, -0.2) is 4.79 Å². The van der Waals surface area contributed by atoms with E-state index < -0.39 is 11.4 Å². The smallest absolute Gasteiger partial charge is 0.330 e. The highest BCUT2D eigenvalue weighted by atomic mass is 16.4. The Kier molecular flexibility index (Phi) is 3.29. The van der Waals surface area contributed by atoms with E-state index in [1.54, 1.807) is 26.2 Å². The summed E-state index contributed by atoms with van der Waals surface area (Å²) in [4.78, 5) is 25.4. The van der Waals surface area contributed by atoms with Crippen molar-refractivity contribution in [3.63, 3.8) is 0 Å². The number of carboxylic acids is 1. The van der Waals surface area contributed by atoms with Crippen LogP contribution in [0.15, 0.2) is 41.5 Å². The highest BCUT2D eigenvalue weighted by molar-refractivity contribution is 5.74. The normalized spacial score (nSPS) is 11.5. The van der Waals surface area contributed by atoms with Gasteiger partial charge < -0.3 is 10.1 Å². The van der Waals surface area contributed by atoms with Gasteiger partial charge in [0, 0.05) is 12.4 Å². The van der Waals surface area contributed by atoms with Crippen LogP contribution in [0, 0.1) is 5.41 Å². The van der Waals surface area contributed by atoms with E-state index in [2.05, 4.69) is 4.98 Å². The van der Waals surface area contributed by atoms with E-state index in [-0.39, 0.29) is 5.69 Å². The van der Waals surface area contributed by atoms with Gasteiger partial charge in [0.05, 0.1) is 11.1 Å². The molecule has 100 valence electrons. The Morgan fingerprint density at radius 1 is 1.37 bits per heavy atom. The molecule has 5 heteroatoms. The maximum Gasteiger partial charge on any atom is 0.330 e. The predicted molar refractivity (Wildman–Crippen MR) is 71.5 cm³/mol. The Bertz CT molecular complexity index is 652. The molecular formula is C14H16N2O3. The summed E-state index contributed by atoms with van der Waals surface area (Å²) in [6.45, 7) is 3.35. The second-order valence-electron chi connectivity index (χ2n) is 5.13. The van der Waals surface area contributed by atoms with Crippen LogP contribution < -0.4 is 5.69 Å². The van der Waals surface area contributed by atoms with Crippen molar-refractivity contribution in [2.75, 3.05) is 0 Å². The number of aromatic nitrogens is 2. The van der Waals surface area contributed by atoms with Crippen LogP contribution in [-0.2, 0) is 11.2 Å². The van der Waals surface area contributed by atoms with Crippen molar-refractivity contribution < 1.29 is 9.90 Å². The Morgan fingerprint density at radius 2 is 2.05 bits per heavy atom. The number of rotatable bonds is 4. The highest BCUT2D eigenvalue weighted by Crippen LogP contribution is 2.25. The van der Waals surface area contributed by atoms with E-state index in [0.29, 0.717) is 12.1 Å². The highest BCUT2D eigenvalue weighted by Gasteiger charge is 2.28. The number of aromatic amines is 1. The van der Waals surface area contributed by atoms with E-state index in [0.717, 1.165) is 5.56 Å². The lowest BCUT2D eigenvalue weighted by Crippen LogP contribution is -2.27. The van der Waals surface area contributed by atoms with Gasteiger partial charge in [0.1, 0.15) is 0 Å². The molecule has 0 saturated heterocycles. The molecule has 0 atom stereocenters. The fourth-order valence-electron chi connectivity index (χ4n) is 1.96. The van der Waals surface area contributed by atoms with E-state index in [4.69, 9.17) is 0 Å². The number of aliphatic carboxylic acids is 1. The van der Waals surface area contributed by atoms with E-state index >= 15 is 0 Å². The lowest BCUT2D eigenvalue weighted by atomic mass is 9.85. The van der Waals surface area contributed by atoms with Crippen LogP contribution in [0.2, 0.25) is 0 Å². The molecule has 5 nitrogen and oxygen atoms in total. The number of imidazole rings is 1. The summed E-state index contributed by atoms with van der Waals surface area (Å²) in [5.74, 6) is -0.858. The largest absolute Gasteiger partial charge is 0.481 e. The number of para-hydroxylation sites is 1. The number of nitrogens with one attached hydrogen (secondary N) is 1. The van der Waals surface area contributed by atoms with Crippen molar-refractivity contribution in [2.24, 2.45) is 5.41 Å². The van der Waals surface area contributed by atoms with Gasteiger partial charge in [-0.3, -0.25) is 9.36 Å². The van der Waals surface area contributed by atoms with Crippen LogP contribution in [0.1, 0.15) is 19.4 Å². The van der Waals surface area contributed by atoms with Crippen LogP contribution in [0.4, 0.5) is 0 Å². The molecular weight excluding hydrogens is 244 g/mol. The van der Waals surface area contributed by atoms with Crippen LogP contribution in [-0.4, -0.2) is 20.6 Å². The van der Waals surface area contributed by atoms with E-state index in [1.165, 1.54) is 4.57 Å². The fourth-order valence-corrected chi connectivity index (χ4v) is 1.96. The minimum absolute atomic E-state index is 0.236. The van der Waals surface area contributed by atoms with E-state index in [9.17, 15) is 14.7 Å². The summed E-state index contributed by atoms with van der Waals surface area (Å²) in [6, 6.07) is 7.32. The number of benzene rings is 1. The van der Waals surface area contributed by atoms with Crippen LogP contribution in [0.3, 0.4) is 0 Å². The van der Waals surface area contributed by atoms with Gasteiger partial charge in [0.15, 0.2) is 0 Å². The summed E-state index contributed by atoms with van der Waals surface area (Å²) >= 11 is 0. The third-order valence-electron chi connectivity index (χ3n) is 3.11. The van der Waals surface area contributed by atoms with Gasteiger partial charge in [0.2, 0.25) is 0 Å². The van der Waals surface area contributed by atoms with Crippen molar-refractivity contribution in [3.8, 4) is 5.69 Å². The summed E-state index contributed by atoms with van der Waals surface area (Å²) in [6.07, 6.45) is 3.55. The number of H-pyrrole nitrogens is 1. The minimum atomic E-state index is -0.879. The summed E-state index contributed by atoms with van der Waals surface area (Å²) in [5.41, 5.74) is 0.427. The van der Waals surface area contributed by atoms with Gasteiger partial charge in [-0.15, -0.1) is 0 Å². The lowest BCUT2D eigenvalue weighted by Gasteiger charge is -2.20. The van der Waals surface area contributed by atoms with Gasteiger partial charge in [-0.2, -0.15) is 0 Å². The van der Waals surface area contributed by atoms with Crippen LogP contribution in [0.25, 0.3) is 5.69 Å². The molecule has 19 heavy (non-hydrogen) atoms. The molecule has 0 bridgehead atoms. The molecule has 0 saturated carbocycles. The topological polar surface area (TPSA) is 75.1 Å². The number of hydrogen-bond donors (Lipinski definition) is 2. The fraction of sp³-hybridized carbons (Fsp3) is 0.286. The Morgan fingerprint density at radius 3 is 2.63 bits per heavy atom. The zero-order valence-electron chi connectivity index (χ0n) is 10.9. The first-order valence-corrected chi connectivity index (χ1v) is 5.99. The standard InChI is InChI=1S/C14H16N2O3/c1-14(2,12(17)18)9-10-5-3-4-6-11(10)16-8-7-15-13(16)19/h3-8H,9H2,1-2H3,(H,15,19)(H,17,18). The number of nitrogens with zero attached hydrogens (tertiary/aromatic N) is 1. The summed E-state index contributed by atoms with van der Waals surface area (Å²) in [5, 5.41) is 9.20. The molecule has 0 aliphatic rings. The first-order chi connectivity index (χ1) is 8.92. The molecule has 1 aromatic heterocycles. The number of carboxylic acid groups (broad SMARTS) is 1. The van der Waals surface area contributed by atoms with Gasteiger partial charge >= 0.3 is 11.7 Å². The van der Waals surface area contributed by atoms with Gasteiger partial charge in [0.25, 0.3) is 0 Å². The number of hydrogen-bond acceptors (Lipinski definition) is 2. The second kappa shape index (κ2) is 4.76. The van der Waals surface area contributed by atoms with E-state index in [1.807, 2.05) is 24.3 Å². The maximum absolute atomic E-state index is 11.7. The van der Waals surface area contributed by atoms with Gasteiger partial charge in [-0.1, -0.05) is 18.2 Å². The SMILES string of the molecule is CC(C)(Cc1ccccc1-n1cc[nH]c1=O)C(=O)O. The lowest BCUT2D eigenvalue weighted by molar-refractivity contribution is -0.146. The monoisotopic (exact) mass is 260 g/mol. The van der Waals surface area contributed by atoms with Crippen molar-refractivity contribution in [2.45, 2.75) is 20.3 Å². The molecule has 2 aromatic rings. The molecule has 0 radical (unpaired) electrons. The van der Waals surface area contributed by atoms with Crippen LogP contribution in [0.5, 0.6) is 0 Å². The Balaban J connectivity index is 2.46. The molecule has 0 unspecified atom stereocenters. The molecule has 0 fully saturated rings. The average Bonchev–Trinajstić information content (AvgIpc) is 2.75. The summed E-state index contributed by atoms with van der Waals surface area (Å²) in [7, 11) is 0. The molecule has 1 heterocycles. The van der Waals surface area contributed by atoms with Crippen molar-refractivity contribution in [1.29, 1.82) is 0 Å². The molecule has 1 aromatic carbocycles. The third kappa shape index (κ3) is 2.59. The zero-order chi connectivity index (χ0) is 14.0. The van der Waals surface area contributed by atoms with Crippen molar-refractivity contribution in [1.82, 2.24) is 9.55 Å². The quantitative estimate of drug-likeness (QED) is 0.880. The average molecular weight is 260 g/mol. The second-order valence-corrected chi connectivity index (χ2v) is 5.13. The Labute approximate surface area is 110 Å². The zero-order valence-corrected chi connectivity index (χ0v) is 10.9. The predicted octanol–water partition coefficient (Wildman–Crippen LogP) is 1.82. The molecule has 0 aliphatic heterocycles. The molecule has 0 spiro atoms. The van der Waals surface area contributed by atoms with Crippen LogP contribution >= 0.6 is 0 Å². The third-order valence-corrected chi connectivity index (χ3v) is 3.11. The summed E-state index contributed by atoms with van der Waals surface area (Å²) < 4.78 is 1.48. The molecule has 0 aliphatic carbocycles. The maximum atomic E-state index is 11.7. The first-order valence-electron chi connectivity index (χ1n) is 5.99. The van der Waals surface area contributed by atoms with Crippen molar-refractivity contribution >= 4 is 5.97 Å². The molecule has 2 N–H and O–H groups in total. The minimum Gasteiger partial charge on any atom is -0.481 e.